The molecule has 0 bridgehead atoms. The van der Waals surface area contributed by atoms with Gasteiger partial charge in [-0.15, -0.1) is 0 Å². The van der Waals surface area contributed by atoms with E-state index in [2.05, 4.69) is 15.6 Å². The van der Waals surface area contributed by atoms with Gasteiger partial charge in [0.15, 0.2) is 17.3 Å². The minimum Gasteiger partial charge on any atom is -0.487 e. The van der Waals surface area contributed by atoms with E-state index in [9.17, 15) is 27.2 Å². The first-order valence-electron chi connectivity index (χ1n) is 10.6. The van der Waals surface area contributed by atoms with Gasteiger partial charge in [-0.25, -0.2) is 14.2 Å². The van der Waals surface area contributed by atoms with Gasteiger partial charge in [0.25, 0.3) is 0 Å². The van der Waals surface area contributed by atoms with E-state index in [1.54, 1.807) is 6.92 Å². The third-order valence-electron chi connectivity index (χ3n) is 5.60. The highest BCUT2D eigenvalue weighted by molar-refractivity contribution is 6.31. The largest absolute Gasteiger partial charge is 0.487 e. The Balaban J connectivity index is 1.67. The van der Waals surface area contributed by atoms with Crippen molar-refractivity contribution in [3.05, 3.63) is 58.1 Å². The monoisotopic (exact) mass is 500 g/mol. The summed E-state index contributed by atoms with van der Waals surface area (Å²) in [6, 6.07) is 2.56. The van der Waals surface area contributed by atoms with Gasteiger partial charge in [-0.2, -0.15) is 13.2 Å². The zero-order valence-corrected chi connectivity index (χ0v) is 18.7. The maximum atomic E-state index is 14.7. The van der Waals surface area contributed by atoms with Gasteiger partial charge in [0.05, 0.1) is 17.2 Å². The topological polar surface area (TPSA) is 83.6 Å². The van der Waals surface area contributed by atoms with Crippen molar-refractivity contribution in [1.29, 1.82) is 0 Å². The number of piperazine rings is 1. The summed E-state index contributed by atoms with van der Waals surface area (Å²) in [4.78, 5) is 29.7. The van der Waals surface area contributed by atoms with Gasteiger partial charge < -0.3 is 20.3 Å². The predicted molar refractivity (Wildman–Crippen MR) is 114 cm³/mol. The average Bonchev–Trinajstić information content (AvgIpc) is 3.58. The van der Waals surface area contributed by atoms with Crippen LogP contribution in [-0.4, -0.2) is 47.1 Å². The third kappa shape index (κ3) is 5.19. The first-order chi connectivity index (χ1) is 16.0. The van der Waals surface area contributed by atoms with Gasteiger partial charge in [0.1, 0.15) is 6.04 Å². The summed E-state index contributed by atoms with van der Waals surface area (Å²) in [5, 5.41) is 4.65. The zero-order valence-electron chi connectivity index (χ0n) is 18.0. The second-order valence-corrected chi connectivity index (χ2v) is 8.55. The average molecular weight is 501 g/mol. The number of urea groups is 1. The normalized spacial score (nSPS) is 19.4. The molecule has 1 saturated carbocycles. The lowest BCUT2D eigenvalue weighted by atomic mass is 9.99. The molecule has 0 radical (unpaired) electrons. The Hall–Kier alpha value is -3.08. The molecule has 1 aliphatic carbocycles. The lowest BCUT2D eigenvalue weighted by molar-refractivity contribution is -0.141. The summed E-state index contributed by atoms with van der Waals surface area (Å²) in [6.45, 7) is 2.01. The standard InChI is InChI=1S/C22H21ClF4N4O3/c1-11-20(32)28-6-7-31(11)21(33)30-18(13-8-15(23)19(29-10-13)22(25,26)27)12-2-5-17(16(24)9-12)34-14-3-4-14/h2,5,8-11,14,18H,3-4,6-7H2,1H3,(H,28,32)(H,30,33)/t11-,18+/m1/s1. The Labute approximate surface area is 197 Å². The van der Waals surface area contributed by atoms with Gasteiger partial charge in [-0.3, -0.25) is 4.79 Å². The minimum atomic E-state index is -4.77. The molecule has 1 aromatic carbocycles. The van der Waals surface area contributed by atoms with Crippen molar-refractivity contribution in [3.8, 4) is 5.75 Å². The highest BCUT2D eigenvalue weighted by atomic mass is 35.5. The van der Waals surface area contributed by atoms with E-state index in [1.165, 1.54) is 17.0 Å². The molecule has 1 aliphatic heterocycles. The molecule has 0 unspecified atom stereocenters. The van der Waals surface area contributed by atoms with Gasteiger partial charge >= 0.3 is 12.2 Å². The van der Waals surface area contributed by atoms with Crippen LogP contribution in [-0.2, 0) is 11.0 Å². The molecular weight excluding hydrogens is 480 g/mol. The van der Waals surface area contributed by atoms with Crippen LogP contribution < -0.4 is 15.4 Å². The number of ether oxygens (including phenoxy) is 1. The third-order valence-corrected chi connectivity index (χ3v) is 5.89. The van der Waals surface area contributed by atoms with Crippen molar-refractivity contribution in [1.82, 2.24) is 20.5 Å². The molecule has 34 heavy (non-hydrogen) atoms. The number of rotatable bonds is 5. The molecular formula is C22H21ClF4N4O3. The number of pyridine rings is 1. The Bertz CT molecular complexity index is 1110. The summed E-state index contributed by atoms with van der Waals surface area (Å²) in [7, 11) is 0. The molecule has 182 valence electrons. The molecule has 3 amide bonds. The van der Waals surface area contributed by atoms with Crippen molar-refractivity contribution in [2.24, 2.45) is 0 Å². The second-order valence-electron chi connectivity index (χ2n) is 8.15. The number of amides is 3. The van der Waals surface area contributed by atoms with Crippen LogP contribution in [0.4, 0.5) is 22.4 Å². The summed E-state index contributed by atoms with van der Waals surface area (Å²) in [5.41, 5.74) is -0.930. The molecule has 2 heterocycles. The highest BCUT2D eigenvalue weighted by Crippen LogP contribution is 2.36. The Morgan fingerprint density at radius 2 is 2.03 bits per heavy atom. The summed E-state index contributed by atoms with van der Waals surface area (Å²) in [5.74, 6) is -0.980. The van der Waals surface area contributed by atoms with Crippen molar-refractivity contribution in [2.75, 3.05) is 13.1 Å². The first-order valence-corrected chi connectivity index (χ1v) is 11.0. The van der Waals surface area contributed by atoms with Crippen LogP contribution in [0.25, 0.3) is 0 Å². The number of hydrogen-bond donors (Lipinski definition) is 2. The Morgan fingerprint density at radius 1 is 1.29 bits per heavy atom. The van der Waals surface area contributed by atoms with Gasteiger partial charge in [-0.05, 0) is 49.1 Å². The van der Waals surface area contributed by atoms with Crippen molar-refractivity contribution in [2.45, 2.75) is 44.1 Å². The van der Waals surface area contributed by atoms with Crippen LogP contribution in [0.3, 0.4) is 0 Å². The first kappa shape index (κ1) is 24.1. The van der Waals surface area contributed by atoms with E-state index in [4.69, 9.17) is 16.3 Å². The number of benzene rings is 1. The number of aromatic nitrogens is 1. The maximum Gasteiger partial charge on any atom is 0.434 e. The predicted octanol–water partition coefficient (Wildman–Crippen LogP) is 4.05. The van der Waals surface area contributed by atoms with Crippen molar-refractivity contribution >= 4 is 23.5 Å². The van der Waals surface area contributed by atoms with E-state index >= 15 is 0 Å². The van der Waals surface area contributed by atoms with Crippen LogP contribution >= 0.6 is 11.6 Å². The van der Waals surface area contributed by atoms with Crippen LogP contribution in [0.1, 0.15) is 42.6 Å². The number of carbonyl (C=O) groups is 2. The van der Waals surface area contributed by atoms with Crippen molar-refractivity contribution < 1.29 is 31.9 Å². The molecule has 0 spiro atoms. The molecule has 2 aromatic rings. The summed E-state index contributed by atoms with van der Waals surface area (Å²) in [6.07, 6.45) is -2.22. The van der Waals surface area contributed by atoms with E-state index in [-0.39, 0.29) is 42.0 Å². The lowest BCUT2D eigenvalue weighted by Crippen LogP contribution is -2.58. The van der Waals surface area contributed by atoms with E-state index in [1.807, 2.05) is 0 Å². The molecule has 2 aliphatic rings. The molecule has 4 rings (SSSR count). The minimum absolute atomic E-state index is 0.0412. The van der Waals surface area contributed by atoms with E-state index < -0.39 is 40.8 Å². The van der Waals surface area contributed by atoms with Gasteiger partial charge in [0.2, 0.25) is 5.91 Å². The molecule has 1 saturated heterocycles. The summed E-state index contributed by atoms with van der Waals surface area (Å²) >= 11 is 5.84. The molecule has 1 aromatic heterocycles. The summed E-state index contributed by atoms with van der Waals surface area (Å²) < 4.78 is 59.6. The number of nitrogens with one attached hydrogen (secondary N) is 2. The second kappa shape index (κ2) is 9.28. The quantitative estimate of drug-likeness (QED) is 0.607. The van der Waals surface area contributed by atoms with Crippen LogP contribution in [0.15, 0.2) is 30.5 Å². The van der Waals surface area contributed by atoms with E-state index in [0.29, 0.717) is 0 Å². The molecule has 2 atom stereocenters. The van der Waals surface area contributed by atoms with Crippen LogP contribution in [0.5, 0.6) is 5.75 Å². The fourth-order valence-corrected chi connectivity index (χ4v) is 3.88. The number of carbonyl (C=O) groups excluding carboxylic acids is 2. The Morgan fingerprint density at radius 3 is 2.65 bits per heavy atom. The SMILES string of the molecule is C[C@@H]1C(=O)NCCN1C(=O)N[C@@H](c1ccc(OC2CC2)c(F)c1)c1cnc(C(F)(F)F)c(Cl)c1. The molecule has 2 N–H and O–H groups in total. The number of halogens is 5. The number of nitrogens with zero attached hydrogens (tertiary/aromatic N) is 2. The molecule has 7 nitrogen and oxygen atoms in total. The number of alkyl halides is 3. The van der Waals surface area contributed by atoms with Crippen molar-refractivity contribution in [3.63, 3.8) is 0 Å². The molecule has 12 heteroatoms. The van der Waals surface area contributed by atoms with Crippen LogP contribution in [0.2, 0.25) is 5.02 Å². The molecule has 2 fully saturated rings. The van der Waals surface area contributed by atoms with Gasteiger partial charge in [-0.1, -0.05) is 17.7 Å². The van der Waals surface area contributed by atoms with Crippen LogP contribution in [0, 0.1) is 5.82 Å². The van der Waals surface area contributed by atoms with E-state index in [0.717, 1.165) is 31.2 Å². The fraction of sp³-hybridized carbons (Fsp3) is 0.409. The Kier molecular flexibility index (Phi) is 6.57. The zero-order chi connectivity index (χ0) is 24.6. The smallest absolute Gasteiger partial charge is 0.434 e. The lowest BCUT2D eigenvalue weighted by Gasteiger charge is -2.34. The number of hydrogen-bond acceptors (Lipinski definition) is 4. The maximum absolute atomic E-state index is 14.7. The fourth-order valence-electron chi connectivity index (χ4n) is 3.60. The van der Waals surface area contributed by atoms with Gasteiger partial charge in [0, 0.05) is 19.3 Å². The highest BCUT2D eigenvalue weighted by Gasteiger charge is 2.36.